The first-order valence-electron chi connectivity index (χ1n) is 10.9. The van der Waals surface area contributed by atoms with Crippen LogP contribution < -0.4 is 4.90 Å². The van der Waals surface area contributed by atoms with Crippen LogP contribution >= 0.6 is 0 Å². The van der Waals surface area contributed by atoms with Crippen molar-refractivity contribution in [3.05, 3.63) is 30.3 Å². The second kappa shape index (κ2) is 9.35. The van der Waals surface area contributed by atoms with Crippen LogP contribution in [-0.4, -0.2) is 97.3 Å². The van der Waals surface area contributed by atoms with Crippen molar-refractivity contribution in [2.45, 2.75) is 25.3 Å². The van der Waals surface area contributed by atoms with Gasteiger partial charge in [0.1, 0.15) is 0 Å². The van der Waals surface area contributed by atoms with Crippen LogP contribution in [0.2, 0.25) is 0 Å². The summed E-state index contributed by atoms with van der Waals surface area (Å²) in [5.41, 5.74) is 1.04. The number of rotatable bonds is 6. The van der Waals surface area contributed by atoms with Crippen LogP contribution in [0.15, 0.2) is 30.3 Å². The summed E-state index contributed by atoms with van der Waals surface area (Å²) < 4.78 is 0. The Balaban J connectivity index is 1.21. The number of β-amino-alcohol motifs (C(OH)–C–C–N with tert-alkyl or cyclic N) is 1. The number of carbonyl (C=O) groups is 1. The van der Waals surface area contributed by atoms with E-state index in [2.05, 4.69) is 14.7 Å². The average molecular weight is 387 g/mol. The van der Waals surface area contributed by atoms with Crippen LogP contribution in [0.25, 0.3) is 0 Å². The van der Waals surface area contributed by atoms with Gasteiger partial charge in [-0.05, 0) is 44.0 Å². The van der Waals surface area contributed by atoms with Crippen LogP contribution in [0.3, 0.4) is 0 Å². The molecule has 0 saturated carbocycles. The van der Waals surface area contributed by atoms with Crippen LogP contribution in [0.1, 0.15) is 19.3 Å². The molecule has 0 aliphatic carbocycles. The average Bonchev–Trinajstić information content (AvgIpc) is 3.10. The van der Waals surface area contributed by atoms with E-state index in [9.17, 15) is 4.79 Å². The fourth-order valence-electron chi connectivity index (χ4n) is 5.09. The Hall–Kier alpha value is -1.47. The molecule has 0 unspecified atom stereocenters. The highest BCUT2D eigenvalue weighted by Crippen LogP contribution is 2.27. The first-order valence-corrected chi connectivity index (χ1v) is 10.9. The minimum Gasteiger partial charge on any atom is -0.395 e. The summed E-state index contributed by atoms with van der Waals surface area (Å²) in [7, 11) is 0. The molecule has 0 spiro atoms. The van der Waals surface area contributed by atoms with Crippen molar-refractivity contribution in [1.82, 2.24) is 14.7 Å². The molecule has 1 aromatic carbocycles. The number of aliphatic hydroxyl groups excluding tert-OH is 1. The van der Waals surface area contributed by atoms with Crippen LogP contribution in [-0.2, 0) is 4.79 Å². The lowest BCUT2D eigenvalue weighted by Crippen LogP contribution is -2.53. The predicted octanol–water partition coefficient (Wildman–Crippen LogP) is 1.11. The Morgan fingerprint density at radius 1 is 0.929 bits per heavy atom. The summed E-state index contributed by atoms with van der Waals surface area (Å²) in [4.78, 5) is 22.0. The molecule has 1 amide bonds. The summed E-state index contributed by atoms with van der Waals surface area (Å²) in [5.74, 6) is 0.720. The molecule has 6 nitrogen and oxygen atoms in total. The largest absolute Gasteiger partial charge is 0.395 e. The predicted molar refractivity (Wildman–Crippen MR) is 111 cm³/mol. The second-order valence-electron chi connectivity index (χ2n) is 8.54. The maximum atomic E-state index is 12.4. The lowest BCUT2D eigenvalue weighted by Gasteiger charge is -2.43. The Morgan fingerprint density at radius 2 is 1.64 bits per heavy atom. The van der Waals surface area contributed by atoms with E-state index in [1.54, 1.807) is 0 Å². The number of benzene rings is 1. The number of likely N-dealkylation sites (tertiary alicyclic amines) is 1. The van der Waals surface area contributed by atoms with Crippen LogP contribution in [0.4, 0.5) is 5.69 Å². The molecule has 1 aromatic rings. The van der Waals surface area contributed by atoms with Crippen molar-refractivity contribution in [1.29, 1.82) is 0 Å². The van der Waals surface area contributed by atoms with Gasteiger partial charge in [0, 0.05) is 64.0 Å². The van der Waals surface area contributed by atoms with E-state index in [4.69, 9.17) is 5.11 Å². The molecule has 3 fully saturated rings. The zero-order chi connectivity index (χ0) is 19.3. The smallest absolute Gasteiger partial charge is 0.227 e. The number of anilines is 1. The minimum absolute atomic E-state index is 0.268. The number of aliphatic hydroxyl groups is 1. The van der Waals surface area contributed by atoms with Gasteiger partial charge in [-0.25, -0.2) is 0 Å². The topological polar surface area (TPSA) is 50.3 Å². The molecule has 6 heteroatoms. The van der Waals surface area contributed by atoms with Gasteiger partial charge in [-0.15, -0.1) is 0 Å². The number of nitrogens with zero attached hydrogens (tertiary/aromatic N) is 4. The van der Waals surface area contributed by atoms with Gasteiger partial charge >= 0.3 is 0 Å². The Bertz CT molecular complexity index is 625. The van der Waals surface area contributed by atoms with Gasteiger partial charge in [-0.1, -0.05) is 18.2 Å². The van der Waals surface area contributed by atoms with Crippen molar-refractivity contribution < 1.29 is 9.90 Å². The van der Waals surface area contributed by atoms with E-state index in [0.717, 1.165) is 64.6 Å². The van der Waals surface area contributed by atoms with Gasteiger partial charge < -0.3 is 14.9 Å². The van der Waals surface area contributed by atoms with Crippen molar-refractivity contribution in [3.8, 4) is 0 Å². The Labute approximate surface area is 168 Å². The van der Waals surface area contributed by atoms with Crippen molar-refractivity contribution in [2.24, 2.45) is 5.92 Å². The Kier molecular flexibility index (Phi) is 6.62. The summed E-state index contributed by atoms with van der Waals surface area (Å²) >= 11 is 0. The number of hydrogen-bond donors (Lipinski definition) is 1. The van der Waals surface area contributed by atoms with E-state index in [-0.39, 0.29) is 12.5 Å². The molecule has 154 valence electrons. The highest BCUT2D eigenvalue weighted by Gasteiger charge is 2.33. The third-order valence-corrected chi connectivity index (χ3v) is 6.69. The lowest BCUT2D eigenvalue weighted by atomic mass is 10.00. The molecule has 3 heterocycles. The number of piperazine rings is 1. The van der Waals surface area contributed by atoms with Gasteiger partial charge in [0.25, 0.3) is 0 Å². The molecule has 1 atom stereocenters. The van der Waals surface area contributed by atoms with E-state index >= 15 is 0 Å². The first kappa shape index (κ1) is 19.8. The van der Waals surface area contributed by atoms with Crippen LogP contribution in [0.5, 0.6) is 0 Å². The molecule has 0 radical (unpaired) electrons. The molecular weight excluding hydrogens is 352 g/mol. The van der Waals surface area contributed by atoms with Gasteiger partial charge in [0.05, 0.1) is 6.61 Å². The first-order chi connectivity index (χ1) is 13.7. The second-order valence-corrected chi connectivity index (χ2v) is 8.54. The van der Waals surface area contributed by atoms with Gasteiger partial charge in [0.2, 0.25) is 5.91 Å². The van der Waals surface area contributed by atoms with Gasteiger partial charge in [0.15, 0.2) is 0 Å². The van der Waals surface area contributed by atoms with Crippen LogP contribution in [0, 0.1) is 5.92 Å². The maximum Gasteiger partial charge on any atom is 0.227 e. The number of piperidine rings is 1. The van der Waals surface area contributed by atoms with E-state index in [0.29, 0.717) is 18.4 Å². The monoisotopic (exact) mass is 386 g/mol. The molecule has 3 aliphatic rings. The molecule has 28 heavy (non-hydrogen) atoms. The van der Waals surface area contributed by atoms with Crippen molar-refractivity contribution in [2.75, 3.05) is 70.4 Å². The van der Waals surface area contributed by atoms with Crippen molar-refractivity contribution >= 4 is 11.6 Å². The summed E-state index contributed by atoms with van der Waals surface area (Å²) in [5, 5.41) is 9.09. The molecule has 3 aliphatic heterocycles. The SMILES string of the molecule is O=C1C[C@H](CN2CCC(N3CCN(CCO)CC3)CC2)CN1c1ccccc1. The normalized spacial score (nSPS) is 26.2. The van der Waals surface area contributed by atoms with Crippen molar-refractivity contribution in [3.63, 3.8) is 0 Å². The summed E-state index contributed by atoms with van der Waals surface area (Å²) in [6.07, 6.45) is 3.16. The zero-order valence-corrected chi connectivity index (χ0v) is 16.9. The molecule has 0 bridgehead atoms. The molecule has 4 rings (SSSR count). The van der Waals surface area contributed by atoms with Gasteiger partial charge in [-0.3, -0.25) is 14.6 Å². The zero-order valence-electron chi connectivity index (χ0n) is 16.9. The highest BCUT2D eigenvalue weighted by molar-refractivity contribution is 5.95. The van der Waals surface area contributed by atoms with Gasteiger partial charge in [-0.2, -0.15) is 0 Å². The van der Waals surface area contributed by atoms with E-state index < -0.39 is 0 Å². The standard InChI is InChI=1S/C22H34N4O2/c27-15-14-23-10-12-25(13-11-23)20-6-8-24(9-7-20)17-19-16-22(28)26(18-19)21-4-2-1-3-5-21/h1-5,19-20,27H,6-18H2/t19-/m1/s1. The third kappa shape index (κ3) is 4.74. The molecule has 1 N–H and O–H groups in total. The van der Waals surface area contributed by atoms with E-state index in [1.807, 2.05) is 35.2 Å². The molecule has 3 saturated heterocycles. The molecule has 0 aromatic heterocycles. The number of para-hydroxylation sites is 1. The number of carbonyl (C=O) groups excluding carboxylic acids is 1. The maximum absolute atomic E-state index is 12.4. The fourth-order valence-corrected chi connectivity index (χ4v) is 5.09. The van der Waals surface area contributed by atoms with E-state index in [1.165, 1.54) is 12.8 Å². The quantitative estimate of drug-likeness (QED) is 0.794. The minimum atomic E-state index is 0.268. The summed E-state index contributed by atoms with van der Waals surface area (Å²) in [6.45, 7) is 9.72. The number of hydrogen-bond acceptors (Lipinski definition) is 5. The highest BCUT2D eigenvalue weighted by atomic mass is 16.3. The summed E-state index contributed by atoms with van der Waals surface area (Å²) in [6, 6.07) is 10.8. The Morgan fingerprint density at radius 3 is 2.32 bits per heavy atom. The fraction of sp³-hybridized carbons (Fsp3) is 0.682. The lowest BCUT2D eigenvalue weighted by molar-refractivity contribution is -0.117. The third-order valence-electron chi connectivity index (χ3n) is 6.69. The number of amides is 1. The molecular formula is C22H34N4O2.